The summed E-state index contributed by atoms with van der Waals surface area (Å²) in [5, 5.41) is 8.00. The quantitative estimate of drug-likeness (QED) is 0.817. The Bertz CT molecular complexity index is 570. The lowest BCUT2D eigenvalue weighted by Crippen LogP contribution is -2.17. The molecule has 0 saturated carbocycles. The van der Waals surface area contributed by atoms with E-state index in [2.05, 4.69) is 60.1 Å². The molecule has 3 nitrogen and oxygen atoms in total. The number of hydrogen-bond donors (Lipinski definition) is 1. The van der Waals surface area contributed by atoms with Crippen LogP contribution in [0.25, 0.3) is 0 Å². The molecule has 0 amide bonds. The summed E-state index contributed by atoms with van der Waals surface area (Å²) in [4.78, 5) is 0. The van der Waals surface area contributed by atoms with E-state index in [-0.39, 0.29) is 0 Å². The summed E-state index contributed by atoms with van der Waals surface area (Å²) >= 11 is 0. The van der Waals surface area contributed by atoms with Crippen LogP contribution in [0, 0.1) is 27.7 Å². The first kappa shape index (κ1) is 14.8. The summed E-state index contributed by atoms with van der Waals surface area (Å²) < 4.78 is 2.09. The number of aromatic nitrogens is 2. The first-order chi connectivity index (χ1) is 9.56. The maximum atomic E-state index is 4.48. The summed E-state index contributed by atoms with van der Waals surface area (Å²) in [6, 6.07) is 8.77. The monoisotopic (exact) mass is 271 g/mol. The maximum Gasteiger partial charge on any atom is 0.0596 e. The smallest absolute Gasteiger partial charge is 0.0596 e. The van der Waals surface area contributed by atoms with Gasteiger partial charge in [-0.2, -0.15) is 5.10 Å². The Morgan fingerprint density at radius 3 is 2.55 bits per heavy atom. The van der Waals surface area contributed by atoms with Gasteiger partial charge in [0.25, 0.3) is 0 Å². The van der Waals surface area contributed by atoms with Crippen molar-refractivity contribution in [3.05, 3.63) is 52.3 Å². The Balaban J connectivity index is 1.73. The summed E-state index contributed by atoms with van der Waals surface area (Å²) in [6.07, 6.45) is 1.10. The molecule has 0 atom stereocenters. The number of nitrogens with zero attached hydrogens (tertiary/aromatic N) is 2. The molecule has 0 saturated heterocycles. The van der Waals surface area contributed by atoms with Crippen molar-refractivity contribution in [1.29, 1.82) is 0 Å². The molecule has 0 spiro atoms. The fourth-order valence-electron chi connectivity index (χ4n) is 2.52. The average molecular weight is 271 g/mol. The van der Waals surface area contributed by atoms with Crippen LogP contribution in [0.3, 0.4) is 0 Å². The summed E-state index contributed by atoms with van der Waals surface area (Å²) in [5.41, 5.74) is 6.44. The van der Waals surface area contributed by atoms with Gasteiger partial charge < -0.3 is 5.32 Å². The molecule has 20 heavy (non-hydrogen) atoms. The molecule has 2 aromatic rings. The zero-order chi connectivity index (χ0) is 14.5. The van der Waals surface area contributed by atoms with Gasteiger partial charge in [0.2, 0.25) is 0 Å². The van der Waals surface area contributed by atoms with E-state index in [1.807, 2.05) is 6.92 Å². The van der Waals surface area contributed by atoms with E-state index in [1.165, 1.54) is 22.4 Å². The van der Waals surface area contributed by atoms with Gasteiger partial charge in [-0.05, 0) is 57.9 Å². The SMILES string of the molecule is Cc1ccc(CNCCCn2nc(C)cc2C)c(C)c1. The third-order valence-electron chi connectivity index (χ3n) is 3.64. The number of nitrogens with one attached hydrogen (secondary N) is 1. The van der Waals surface area contributed by atoms with Gasteiger partial charge in [-0.25, -0.2) is 0 Å². The number of benzene rings is 1. The van der Waals surface area contributed by atoms with Gasteiger partial charge in [-0.15, -0.1) is 0 Å². The molecular weight excluding hydrogens is 246 g/mol. The minimum atomic E-state index is 0.948. The summed E-state index contributed by atoms with van der Waals surface area (Å²) in [7, 11) is 0. The lowest BCUT2D eigenvalue weighted by Gasteiger charge is -2.09. The lowest BCUT2D eigenvalue weighted by atomic mass is 10.1. The Hall–Kier alpha value is -1.61. The van der Waals surface area contributed by atoms with Gasteiger partial charge in [-0.3, -0.25) is 4.68 Å². The largest absolute Gasteiger partial charge is 0.313 e. The Labute approximate surface area is 122 Å². The van der Waals surface area contributed by atoms with E-state index in [0.29, 0.717) is 0 Å². The Morgan fingerprint density at radius 2 is 1.90 bits per heavy atom. The van der Waals surface area contributed by atoms with Gasteiger partial charge in [-0.1, -0.05) is 23.8 Å². The van der Waals surface area contributed by atoms with Crippen LogP contribution < -0.4 is 5.32 Å². The van der Waals surface area contributed by atoms with Gasteiger partial charge in [0.15, 0.2) is 0 Å². The van der Waals surface area contributed by atoms with Crippen molar-refractivity contribution >= 4 is 0 Å². The predicted molar refractivity (Wildman–Crippen MR) is 83.9 cm³/mol. The molecule has 0 aliphatic heterocycles. The van der Waals surface area contributed by atoms with Crippen molar-refractivity contribution < 1.29 is 0 Å². The highest BCUT2D eigenvalue weighted by atomic mass is 15.3. The predicted octanol–water partition coefficient (Wildman–Crippen LogP) is 3.30. The zero-order valence-corrected chi connectivity index (χ0v) is 13.0. The molecule has 0 bridgehead atoms. The summed E-state index contributed by atoms with van der Waals surface area (Å²) in [6.45, 7) is 11.4. The van der Waals surface area contributed by atoms with E-state index >= 15 is 0 Å². The lowest BCUT2D eigenvalue weighted by molar-refractivity contribution is 0.532. The molecule has 2 rings (SSSR count). The molecule has 3 heteroatoms. The van der Waals surface area contributed by atoms with E-state index in [0.717, 1.165) is 31.7 Å². The minimum absolute atomic E-state index is 0.948. The van der Waals surface area contributed by atoms with Crippen molar-refractivity contribution in [3.8, 4) is 0 Å². The molecule has 0 aliphatic rings. The van der Waals surface area contributed by atoms with Crippen molar-refractivity contribution in [1.82, 2.24) is 15.1 Å². The first-order valence-electron chi connectivity index (χ1n) is 7.34. The Morgan fingerprint density at radius 1 is 1.10 bits per heavy atom. The fourth-order valence-corrected chi connectivity index (χ4v) is 2.52. The second-order valence-corrected chi connectivity index (χ2v) is 5.61. The Kier molecular flexibility index (Phi) is 4.96. The normalized spacial score (nSPS) is 11.0. The van der Waals surface area contributed by atoms with Crippen LogP contribution in [0.4, 0.5) is 0 Å². The molecule has 108 valence electrons. The molecule has 1 aromatic carbocycles. The average Bonchev–Trinajstić information content (AvgIpc) is 2.70. The van der Waals surface area contributed by atoms with Crippen molar-refractivity contribution in [3.63, 3.8) is 0 Å². The van der Waals surface area contributed by atoms with Gasteiger partial charge in [0.1, 0.15) is 0 Å². The van der Waals surface area contributed by atoms with E-state index in [9.17, 15) is 0 Å². The van der Waals surface area contributed by atoms with Crippen molar-refractivity contribution in [2.75, 3.05) is 6.54 Å². The highest BCUT2D eigenvalue weighted by molar-refractivity contribution is 5.30. The third kappa shape index (κ3) is 3.94. The second-order valence-electron chi connectivity index (χ2n) is 5.61. The molecule has 0 unspecified atom stereocenters. The van der Waals surface area contributed by atoms with Crippen LogP contribution in [-0.2, 0) is 13.1 Å². The highest BCUT2D eigenvalue weighted by Gasteiger charge is 2.01. The van der Waals surface area contributed by atoms with Gasteiger partial charge >= 0.3 is 0 Å². The number of hydrogen-bond acceptors (Lipinski definition) is 2. The van der Waals surface area contributed by atoms with Crippen LogP contribution in [-0.4, -0.2) is 16.3 Å². The van der Waals surface area contributed by atoms with Crippen LogP contribution in [0.2, 0.25) is 0 Å². The van der Waals surface area contributed by atoms with E-state index < -0.39 is 0 Å². The molecule has 0 radical (unpaired) electrons. The van der Waals surface area contributed by atoms with E-state index in [1.54, 1.807) is 0 Å². The molecule has 1 N–H and O–H groups in total. The highest BCUT2D eigenvalue weighted by Crippen LogP contribution is 2.10. The van der Waals surface area contributed by atoms with Gasteiger partial charge in [0.05, 0.1) is 5.69 Å². The zero-order valence-electron chi connectivity index (χ0n) is 13.0. The fraction of sp³-hybridized carbons (Fsp3) is 0.471. The summed E-state index contributed by atoms with van der Waals surface area (Å²) in [5.74, 6) is 0. The van der Waals surface area contributed by atoms with Gasteiger partial charge in [0, 0.05) is 18.8 Å². The van der Waals surface area contributed by atoms with Crippen molar-refractivity contribution in [2.45, 2.75) is 47.2 Å². The molecule has 0 aliphatic carbocycles. The third-order valence-corrected chi connectivity index (χ3v) is 3.64. The van der Waals surface area contributed by atoms with Crippen LogP contribution >= 0.6 is 0 Å². The first-order valence-corrected chi connectivity index (χ1v) is 7.34. The van der Waals surface area contributed by atoms with Crippen LogP contribution in [0.15, 0.2) is 24.3 Å². The second kappa shape index (κ2) is 6.71. The van der Waals surface area contributed by atoms with E-state index in [4.69, 9.17) is 0 Å². The standard InChI is InChI=1S/C17H25N3/c1-13-6-7-17(14(2)10-13)12-18-8-5-9-20-16(4)11-15(3)19-20/h6-7,10-11,18H,5,8-9,12H2,1-4H3. The minimum Gasteiger partial charge on any atom is -0.313 e. The molecule has 0 fully saturated rings. The van der Waals surface area contributed by atoms with Crippen molar-refractivity contribution in [2.24, 2.45) is 0 Å². The topological polar surface area (TPSA) is 29.9 Å². The van der Waals surface area contributed by atoms with Crippen LogP contribution in [0.5, 0.6) is 0 Å². The molecule has 1 heterocycles. The number of rotatable bonds is 6. The molecular formula is C17H25N3. The molecule has 1 aromatic heterocycles. The van der Waals surface area contributed by atoms with Crippen LogP contribution in [0.1, 0.15) is 34.5 Å². The number of aryl methyl sites for hydroxylation is 5. The maximum absolute atomic E-state index is 4.48.